The van der Waals surface area contributed by atoms with Crippen LogP contribution in [0.15, 0.2) is 41.5 Å². The van der Waals surface area contributed by atoms with Crippen molar-refractivity contribution in [2.24, 2.45) is 5.10 Å². The van der Waals surface area contributed by atoms with E-state index in [2.05, 4.69) is 36.5 Å². The van der Waals surface area contributed by atoms with E-state index in [1.807, 2.05) is 31.2 Å². The molecule has 0 saturated carbocycles. The fourth-order valence-electron chi connectivity index (χ4n) is 2.68. The minimum atomic E-state index is 0.0851. The molecule has 1 heterocycles. The van der Waals surface area contributed by atoms with Gasteiger partial charge in [0.05, 0.1) is 11.8 Å². The predicted molar refractivity (Wildman–Crippen MR) is 86.7 cm³/mol. The summed E-state index contributed by atoms with van der Waals surface area (Å²) in [4.78, 5) is 0. The van der Waals surface area contributed by atoms with Gasteiger partial charge in [-0.05, 0) is 42.5 Å². The van der Waals surface area contributed by atoms with Crippen LogP contribution in [0.25, 0.3) is 0 Å². The summed E-state index contributed by atoms with van der Waals surface area (Å²) < 4.78 is 0. The van der Waals surface area contributed by atoms with Gasteiger partial charge in [0.2, 0.25) is 0 Å². The van der Waals surface area contributed by atoms with Gasteiger partial charge < -0.3 is 5.11 Å². The molecule has 4 heteroatoms. The molecular weight excluding hydrogens is 262 g/mol. The van der Waals surface area contributed by atoms with Gasteiger partial charge in [-0.15, -0.1) is 0 Å². The zero-order chi connectivity index (χ0) is 15.0. The third-order valence-corrected chi connectivity index (χ3v) is 4.11. The van der Waals surface area contributed by atoms with Crippen LogP contribution in [0.4, 0.5) is 5.69 Å². The number of nitrogens with zero attached hydrogens (tertiary/aromatic N) is 2. The van der Waals surface area contributed by atoms with Crippen LogP contribution in [0.1, 0.15) is 37.3 Å². The van der Waals surface area contributed by atoms with Crippen LogP contribution < -0.4 is 10.5 Å². The molecule has 0 fully saturated rings. The Morgan fingerprint density at radius 2 is 2.19 bits per heavy atom. The molecule has 4 nitrogen and oxygen atoms in total. The Labute approximate surface area is 125 Å². The summed E-state index contributed by atoms with van der Waals surface area (Å²) in [6.07, 6.45) is 9.01. The number of phenolic OH excluding ortho intramolecular Hbond substituents is 1. The van der Waals surface area contributed by atoms with E-state index < -0.39 is 0 Å². The molecule has 1 aromatic carbocycles. The standard InChI is InChI=1S/C17H21N3O/c1-4-12(3)13-9-11(2)10-16(17(13)21)20-18-14-7-5-6-8-15(14)19-20/h5-10,12,14,18,21H,4H2,1-3H3. The summed E-state index contributed by atoms with van der Waals surface area (Å²) in [7, 11) is 0. The summed E-state index contributed by atoms with van der Waals surface area (Å²) in [5.74, 6) is 0.638. The molecule has 2 aliphatic rings. The van der Waals surface area contributed by atoms with E-state index in [1.54, 1.807) is 5.12 Å². The molecule has 0 radical (unpaired) electrons. The van der Waals surface area contributed by atoms with Crippen LogP contribution in [-0.4, -0.2) is 16.9 Å². The van der Waals surface area contributed by atoms with E-state index in [1.165, 1.54) is 0 Å². The fraction of sp³-hybridized carbons (Fsp3) is 0.353. The number of nitrogens with one attached hydrogen (secondary N) is 1. The molecule has 2 unspecified atom stereocenters. The molecule has 0 amide bonds. The number of phenols is 1. The highest BCUT2D eigenvalue weighted by molar-refractivity contribution is 6.03. The Balaban J connectivity index is 2.00. The SMILES string of the molecule is CCC(C)c1cc(C)cc(N2N=C3C=CC=CC3N2)c1O. The Bertz CT molecular complexity index is 646. The Morgan fingerprint density at radius 1 is 1.38 bits per heavy atom. The number of hydrogen-bond acceptors (Lipinski definition) is 4. The number of benzene rings is 1. The lowest BCUT2D eigenvalue weighted by molar-refractivity contribution is 0.458. The van der Waals surface area contributed by atoms with Crippen molar-refractivity contribution in [3.05, 3.63) is 47.6 Å². The van der Waals surface area contributed by atoms with Crippen LogP contribution in [0.3, 0.4) is 0 Å². The average molecular weight is 283 g/mol. The van der Waals surface area contributed by atoms with E-state index in [0.29, 0.717) is 17.4 Å². The van der Waals surface area contributed by atoms with E-state index in [4.69, 9.17) is 0 Å². The smallest absolute Gasteiger partial charge is 0.145 e. The number of hydrogen-bond donors (Lipinski definition) is 2. The lowest BCUT2D eigenvalue weighted by atomic mass is 9.95. The fourth-order valence-corrected chi connectivity index (χ4v) is 2.68. The molecule has 2 N–H and O–H groups in total. The van der Waals surface area contributed by atoms with Crippen molar-refractivity contribution in [1.29, 1.82) is 0 Å². The highest BCUT2D eigenvalue weighted by atomic mass is 16.3. The number of hydrazine groups is 1. The van der Waals surface area contributed by atoms with Crippen LogP contribution in [0.2, 0.25) is 0 Å². The second-order valence-corrected chi connectivity index (χ2v) is 5.72. The number of fused-ring (bicyclic) bond motifs is 1. The first-order chi connectivity index (χ1) is 10.1. The molecular formula is C17H21N3O. The van der Waals surface area contributed by atoms with Gasteiger partial charge >= 0.3 is 0 Å². The van der Waals surface area contributed by atoms with Crippen molar-refractivity contribution in [1.82, 2.24) is 5.43 Å². The second kappa shape index (κ2) is 5.37. The van der Waals surface area contributed by atoms with Crippen molar-refractivity contribution < 1.29 is 5.11 Å². The third-order valence-electron chi connectivity index (χ3n) is 4.11. The Morgan fingerprint density at radius 3 is 2.90 bits per heavy atom. The quantitative estimate of drug-likeness (QED) is 0.894. The van der Waals surface area contributed by atoms with Crippen molar-refractivity contribution in [2.45, 2.75) is 39.2 Å². The maximum absolute atomic E-state index is 10.6. The number of hydrazone groups is 1. The largest absolute Gasteiger partial charge is 0.505 e. The van der Waals surface area contributed by atoms with Gasteiger partial charge in [0, 0.05) is 0 Å². The van der Waals surface area contributed by atoms with Gasteiger partial charge in [-0.3, -0.25) is 0 Å². The second-order valence-electron chi connectivity index (χ2n) is 5.72. The van der Waals surface area contributed by atoms with E-state index in [-0.39, 0.29) is 6.04 Å². The summed E-state index contributed by atoms with van der Waals surface area (Å²) >= 11 is 0. The van der Waals surface area contributed by atoms with Gasteiger partial charge in [-0.1, -0.05) is 38.1 Å². The average Bonchev–Trinajstić information content (AvgIpc) is 2.92. The molecule has 3 rings (SSSR count). The minimum absolute atomic E-state index is 0.0851. The number of allylic oxidation sites excluding steroid dienone is 2. The normalized spacial score (nSPS) is 21.4. The summed E-state index contributed by atoms with van der Waals surface area (Å²) in [5, 5.41) is 16.9. The Kier molecular flexibility index (Phi) is 3.55. The lowest BCUT2D eigenvalue weighted by Gasteiger charge is -2.21. The molecule has 1 aliphatic heterocycles. The summed E-state index contributed by atoms with van der Waals surface area (Å²) in [5.41, 5.74) is 7.08. The van der Waals surface area contributed by atoms with Crippen molar-refractivity contribution >= 4 is 11.4 Å². The van der Waals surface area contributed by atoms with Gasteiger partial charge in [0.15, 0.2) is 0 Å². The molecule has 0 bridgehead atoms. The van der Waals surface area contributed by atoms with Gasteiger partial charge in [0.25, 0.3) is 0 Å². The van der Waals surface area contributed by atoms with Gasteiger partial charge in [-0.2, -0.15) is 15.6 Å². The molecule has 21 heavy (non-hydrogen) atoms. The Hall–Kier alpha value is -2.07. The molecule has 2 atom stereocenters. The molecule has 110 valence electrons. The first-order valence-corrected chi connectivity index (χ1v) is 7.43. The number of aryl methyl sites for hydroxylation is 1. The van der Waals surface area contributed by atoms with Gasteiger partial charge in [0.1, 0.15) is 11.4 Å². The highest BCUT2D eigenvalue weighted by Gasteiger charge is 2.27. The topological polar surface area (TPSA) is 47.9 Å². The van der Waals surface area contributed by atoms with Crippen LogP contribution in [0.5, 0.6) is 5.75 Å². The zero-order valence-electron chi connectivity index (χ0n) is 12.7. The van der Waals surface area contributed by atoms with Crippen molar-refractivity contribution in [3.63, 3.8) is 0 Å². The first kappa shape index (κ1) is 13.9. The molecule has 1 aromatic rings. The number of rotatable bonds is 3. The maximum Gasteiger partial charge on any atom is 0.145 e. The summed E-state index contributed by atoms with van der Waals surface area (Å²) in [6.45, 7) is 6.31. The minimum Gasteiger partial charge on any atom is -0.505 e. The zero-order valence-corrected chi connectivity index (χ0v) is 12.7. The van der Waals surface area contributed by atoms with E-state index in [0.717, 1.165) is 23.3 Å². The monoisotopic (exact) mass is 283 g/mol. The van der Waals surface area contributed by atoms with Crippen LogP contribution >= 0.6 is 0 Å². The van der Waals surface area contributed by atoms with Crippen LogP contribution in [0, 0.1) is 6.92 Å². The first-order valence-electron chi connectivity index (χ1n) is 7.43. The molecule has 0 aromatic heterocycles. The van der Waals surface area contributed by atoms with Crippen molar-refractivity contribution in [3.8, 4) is 5.75 Å². The summed E-state index contributed by atoms with van der Waals surface area (Å²) in [6, 6.07) is 4.11. The van der Waals surface area contributed by atoms with Gasteiger partial charge in [-0.25, -0.2) is 0 Å². The van der Waals surface area contributed by atoms with Crippen LogP contribution in [-0.2, 0) is 0 Å². The highest BCUT2D eigenvalue weighted by Crippen LogP contribution is 2.38. The molecule has 0 spiro atoms. The molecule has 1 aliphatic carbocycles. The third kappa shape index (κ3) is 2.47. The van der Waals surface area contributed by atoms with E-state index in [9.17, 15) is 5.11 Å². The molecule has 0 saturated heterocycles. The number of aromatic hydroxyl groups is 1. The predicted octanol–water partition coefficient (Wildman–Crippen LogP) is 3.39. The number of anilines is 1. The van der Waals surface area contributed by atoms with E-state index >= 15 is 0 Å². The maximum atomic E-state index is 10.6. The van der Waals surface area contributed by atoms with Crippen molar-refractivity contribution in [2.75, 3.05) is 5.12 Å². The lowest BCUT2D eigenvalue weighted by Crippen LogP contribution is -2.37.